The molecule has 0 spiro atoms. The van der Waals surface area contributed by atoms with Crippen LogP contribution in [0.25, 0.3) is 0 Å². The van der Waals surface area contributed by atoms with Crippen LogP contribution >= 0.6 is 10.7 Å². The molecule has 0 saturated heterocycles. The SMILES string of the molecule is CCC(C)C(C)NC(=O)c1n[nH]c(C2CC2)c1S(=O)(=O)Cl. The van der Waals surface area contributed by atoms with Gasteiger partial charge in [0.05, 0.1) is 5.69 Å². The summed E-state index contributed by atoms with van der Waals surface area (Å²) in [6.07, 6.45) is 2.67. The van der Waals surface area contributed by atoms with Crippen LogP contribution in [0, 0.1) is 5.92 Å². The molecular formula is C13H20ClN3O3S. The fraction of sp³-hybridized carbons (Fsp3) is 0.692. The summed E-state index contributed by atoms with van der Waals surface area (Å²) in [7, 11) is 1.47. The largest absolute Gasteiger partial charge is 0.348 e. The Morgan fingerprint density at radius 1 is 1.48 bits per heavy atom. The number of rotatable bonds is 6. The molecule has 0 aliphatic heterocycles. The second-order valence-electron chi connectivity index (χ2n) is 5.67. The molecule has 1 aromatic rings. The van der Waals surface area contributed by atoms with Gasteiger partial charge >= 0.3 is 0 Å². The Labute approximate surface area is 129 Å². The Kier molecular flexibility index (Phi) is 4.63. The zero-order valence-electron chi connectivity index (χ0n) is 12.3. The maximum atomic E-state index is 12.3. The minimum absolute atomic E-state index is 0.0746. The van der Waals surface area contributed by atoms with Gasteiger partial charge in [0.2, 0.25) is 0 Å². The van der Waals surface area contributed by atoms with E-state index in [1.165, 1.54) is 0 Å². The summed E-state index contributed by atoms with van der Waals surface area (Å²) >= 11 is 0. The predicted octanol–water partition coefficient (Wildman–Crippen LogP) is 2.38. The number of H-pyrrole nitrogens is 1. The zero-order valence-corrected chi connectivity index (χ0v) is 13.9. The van der Waals surface area contributed by atoms with E-state index in [4.69, 9.17) is 10.7 Å². The fourth-order valence-electron chi connectivity index (χ4n) is 2.17. The lowest BCUT2D eigenvalue weighted by Crippen LogP contribution is -2.37. The number of amides is 1. The molecule has 1 aliphatic rings. The highest BCUT2D eigenvalue weighted by molar-refractivity contribution is 8.13. The van der Waals surface area contributed by atoms with E-state index in [9.17, 15) is 13.2 Å². The van der Waals surface area contributed by atoms with Gasteiger partial charge in [-0.15, -0.1) is 0 Å². The van der Waals surface area contributed by atoms with Gasteiger partial charge in [0, 0.05) is 22.6 Å². The summed E-state index contributed by atoms with van der Waals surface area (Å²) < 4.78 is 23.5. The van der Waals surface area contributed by atoms with Crippen LogP contribution in [-0.4, -0.2) is 30.6 Å². The molecule has 1 saturated carbocycles. The Morgan fingerprint density at radius 2 is 2.10 bits per heavy atom. The first kappa shape index (κ1) is 16.3. The number of halogens is 1. The summed E-state index contributed by atoms with van der Waals surface area (Å²) in [4.78, 5) is 12.1. The van der Waals surface area contributed by atoms with Gasteiger partial charge in [-0.05, 0) is 25.7 Å². The van der Waals surface area contributed by atoms with Crippen molar-refractivity contribution < 1.29 is 13.2 Å². The normalized spacial score (nSPS) is 18.3. The molecule has 1 aromatic heterocycles. The number of nitrogens with one attached hydrogen (secondary N) is 2. The van der Waals surface area contributed by atoms with E-state index in [-0.39, 0.29) is 28.5 Å². The Hall–Kier alpha value is -1.08. The highest BCUT2D eigenvalue weighted by Crippen LogP contribution is 2.43. The van der Waals surface area contributed by atoms with E-state index in [0.29, 0.717) is 5.69 Å². The van der Waals surface area contributed by atoms with Crippen molar-refractivity contribution in [2.75, 3.05) is 0 Å². The number of aromatic nitrogens is 2. The summed E-state index contributed by atoms with van der Waals surface area (Å²) in [5.74, 6) is -0.119. The van der Waals surface area contributed by atoms with Gasteiger partial charge in [0.15, 0.2) is 5.69 Å². The lowest BCUT2D eigenvalue weighted by atomic mass is 10.0. The minimum atomic E-state index is -4.01. The summed E-state index contributed by atoms with van der Waals surface area (Å²) in [5.41, 5.74) is 0.313. The lowest BCUT2D eigenvalue weighted by molar-refractivity contribution is 0.0919. The van der Waals surface area contributed by atoms with Crippen LogP contribution in [0.5, 0.6) is 0 Å². The second kappa shape index (κ2) is 5.96. The van der Waals surface area contributed by atoms with Crippen molar-refractivity contribution in [2.45, 2.75) is 56.9 Å². The lowest BCUT2D eigenvalue weighted by Gasteiger charge is -2.19. The average Bonchev–Trinajstić information content (AvgIpc) is 3.14. The Morgan fingerprint density at radius 3 is 2.57 bits per heavy atom. The third kappa shape index (κ3) is 3.58. The minimum Gasteiger partial charge on any atom is -0.348 e. The molecule has 2 N–H and O–H groups in total. The third-order valence-electron chi connectivity index (χ3n) is 4.05. The van der Waals surface area contributed by atoms with Crippen LogP contribution in [0.2, 0.25) is 0 Å². The fourth-order valence-corrected chi connectivity index (χ4v) is 3.48. The Balaban J connectivity index is 2.29. The van der Waals surface area contributed by atoms with Crippen LogP contribution in [0.4, 0.5) is 0 Å². The second-order valence-corrected chi connectivity index (χ2v) is 8.18. The molecule has 0 aromatic carbocycles. The first-order chi connectivity index (χ1) is 9.75. The maximum Gasteiger partial charge on any atom is 0.273 e. The Bertz CT molecular complexity index is 637. The molecule has 8 heteroatoms. The number of nitrogens with zero attached hydrogens (tertiary/aromatic N) is 1. The van der Waals surface area contributed by atoms with Gasteiger partial charge in [-0.2, -0.15) is 5.10 Å². The van der Waals surface area contributed by atoms with Gasteiger partial charge in [0.1, 0.15) is 4.90 Å². The van der Waals surface area contributed by atoms with E-state index in [2.05, 4.69) is 15.5 Å². The van der Waals surface area contributed by atoms with Crippen molar-refractivity contribution in [3.05, 3.63) is 11.4 Å². The van der Waals surface area contributed by atoms with Gasteiger partial charge in [-0.25, -0.2) is 8.42 Å². The van der Waals surface area contributed by atoms with Gasteiger partial charge in [-0.1, -0.05) is 20.3 Å². The molecule has 2 rings (SSSR count). The molecule has 1 fully saturated rings. The van der Waals surface area contributed by atoms with Crippen molar-refractivity contribution in [1.82, 2.24) is 15.5 Å². The van der Waals surface area contributed by atoms with Crippen molar-refractivity contribution >= 4 is 25.6 Å². The molecule has 118 valence electrons. The number of carbonyl (C=O) groups is 1. The monoisotopic (exact) mass is 333 g/mol. The highest BCUT2D eigenvalue weighted by atomic mass is 35.7. The standard InChI is InChI=1S/C13H20ClN3O3S/c1-4-7(2)8(3)15-13(18)11-12(21(14,19)20)10(16-17-11)9-5-6-9/h7-9H,4-6H2,1-3H3,(H,15,18)(H,16,17). The number of hydrogen-bond acceptors (Lipinski definition) is 4. The van der Waals surface area contributed by atoms with Gasteiger partial charge in [0.25, 0.3) is 15.0 Å². The van der Waals surface area contributed by atoms with Gasteiger partial charge < -0.3 is 5.32 Å². The van der Waals surface area contributed by atoms with Gasteiger partial charge in [-0.3, -0.25) is 9.89 Å². The average molecular weight is 334 g/mol. The van der Waals surface area contributed by atoms with E-state index in [0.717, 1.165) is 19.3 Å². The molecule has 2 unspecified atom stereocenters. The zero-order chi connectivity index (χ0) is 15.8. The molecule has 21 heavy (non-hydrogen) atoms. The molecular weight excluding hydrogens is 314 g/mol. The first-order valence-corrected chi connectivity index (χ1v) is 9.40. The summed E-state index contributed by atoms with van der Waals surface area (Å²) in [6, 6.07) is -0.0746. The van der Waals surface area contributed by atoms with Crippen molar-refractivity contribution in [2.24, 2.45) is 5.92 Å². The molecule has 1 aliphatic carbocycles. The third-order valence-corrected chi connectivity index (χ3v) is 5.41. The maximum absolute atomic E-state index is 12.3. The smallest absolute Gasteiger partial charge is 0.273 e. The predicted molar refractivity (Wildman–Crippen MR) is 80.0 cm³/mol. The van der Waals surface area contributed by atoms with Crippen molar-refractivity contribution in [3.63, 3.8) is 0 Å². The highest BCUT2D eigenvalue weighted by Gasteiger charge is 2.36. The van der Waals surface area contributed by atoms with Crippen molar-refractivity contribution in [1.29, 1.82) is 0 Å². The first-order valence-electron chi connectivity index (χ1n) is 7.09. The summed E-state index contributed by atoms with van der Waals surface area (Å²) in [6.45, 7) is 5.93. The molecule has 1 heterocycles. The molecule has 0 radical (unpaired) electrons. The van der Waals surface area contributed by atoms with Crippen LogP contribution in [0.15, 0.2) is 4.90 Å². The topological polar surface area (TPSA) is 91.9 Å². The van der Waals surface area contributed by atoms with E-state index in [1.807, 2.05) is 20.8 Å². The van der Waals surface area contributed by atoms with E-state index in [1.54, 1.807) is 0 Å². The number of carbonyl (C=O) groups excluding carboxylic acids is 1. The molecule has 0 bridgehead atoms. The van der Waals surface area contributed by atoms with E-state index >= 15 is 0 Å². The van der Waals surface area contributed by atoms with Crippen LogP contribution in [0.3, 0.4) is 0 Å². The number of hydrogen-bond donors (Lipinski definition) is 2. The molecule has 6 nitrogen and oxygen atoms in total. The summed E-state index contributed by atoms with van der Waals surface area (Å²) in [5, 5.41) is 9.33. The van der Waals surface area contributed by atoms with Crippen LogP contribution < -0.4 is 5.32 Å². The quantitative estimate of drug-likeness (QED) is 0.782. The van der Waals surface area contributed by atoms with Crippen LogP contribution in [0.1, 0.15) is 62.1 Å². The van der Waals surface area contributed by atoms with E-state index < -0.39 is 15.0 Å². The molecule has 1 amide bonds. The van der Waals surface area contributed by atoms with Crippen LogP contribution in [-0.2, 0) is 9.05 Å². The molecule has 2 atom stereocenters. The number of aromatic amines is 1. The van der Waals surface area contributed by atoms with Crippen molar-refractivity contribution in [3.8, 4) is 0 Å².